The monoisotopic (exact) mass is 637 g/mol. The molecular formula is C36H35N3O6S. The van der Waals surface area contributed by atoms with Crippen LogP contribution in [0.3, 0.4) is 0 Å². The third-order valence-electron chi connectivity index (χ3n) is 7.90. The summed E-state index contributed by atoms with van der Waals surface area (Å²) in [6.45, 7) is 9.49. The van der Waals surface area contributed by atoms with Gasteiger partial charge in [0, 0.05) is 15.9 Å². The van der Waals surface area contributed by atoms with Gasteiger partial charge in [-0.3, -0.25) is 19.3 Å². The van der Waals surface area contributed by atoms with Crippen LogP contribution in [0.1, 0.15) is 83.3 Å². The highest BCUT2D eigenvalue weighted by Crippen LogP contribution is 2.47. The molecule has 46 heavy (non-hydrogen) atoms. The summed E-state index contributed by atoms with van der Waals surface area (Å²) in [5, 5.41) is 13.2. The summed E-state index contributed by atoms with van der Waals surface area (Å²) in [5.74, 6) is -2.30. The van der Waals surface area contributed by atoms with Crippen molar-refractivity contribution >= 4 is 52.2 Å². The zero-order chi connectivity index (χ0) is 33.2. The third kappa shape index (κ3) is 6.37. The number of hydrogen-bond donors (Lipinski definition) is 1. The van der Waals surface area contributed by atoms with E-state index in [0.717, 1.165) is 38.6 Å². The number of nitriles is 1. The van der Waals surface area contributed by atoms with Gasteiger partial charge < -0.3 is 14.8 Å². The molecule has 0 saturated carbocycles. The topological polar surface area (TPSA) is 126 Å². The number of benzene rings is 2. The molecule has 1 aromatic heterocycles. The molecule has 0 fully saturated rings. The molecule has 1 atom stereocenters. The molecule has 9 nitrogen and oxygen atoms in total. The number of rotatable bonds is 10. The molecule has 1 unspecified atom stereocenters. The maximum atomic E-state index is 13.2. The number of amides is 3. The number of nitrogens with zero attached hydrogens (tertiary/aromatic N) is 2. The molecule has 2 aromatic carbocycles. The Balaban J connectivity index is 1.29. The lowest BCUT2D eigenvalue weighted by Gasteiger charge is -2.29. The maximum Gasteiger partial charge on any atom is 0.330 e. The largest absolute Gasteiger partial charge is 0.494 e. The number of hydrogen-bond acceptors (Lipinski definition) is 8. The Bertz CT molecular complexity index is 1770. The number of anilines is 1. The molecule has 2 aliphatic rings. The van der Waals surface area contributed by atoms with E-state index in [0.29, 0.717) is 17.2 Å². The van der Waals surface area contributed by atoms with E-state index in [1.165, 1.54) is 23.5 Å². The summed E-state index contributed by atoms with van der Waals surface area (Å²) < 4.78 is 10.8. The highest BCUT2D eigenvalue weighted by Gasteiger charge is 2.45. The van der Waals surface area contributed by atoms with Crippen molar-refractivity contribution in [3.63, 3.8) is 0 Å². The number of esters is 1. The fourth-order valence-electron chi connectivity index (χ4n) is 5.78. The van der Waals surface area contributed by atoms with Crippen LogP contribution in [0.5, 0.6) is 5.75 Å². The zero-order valence-corrected chi connectivity index (χ0v) is 27.2. The van der Waals surface area contributed by atoms with Crippen molar-refractivity contribution in [3.8, 4) is 11.8 Å². The molecule has 1 aliphatic carbocycles. The summed E-state index contributed by atoms with van der Waals surface area (Å²) in [5.41, 5.74) is 3.30. The normalized spacial score (nSPS) is 15.7. The minimum Gasteiger partial charge on any atom is -0.494 e. The van der Waals surface area contributed by atoms with Crippen LogP contribution in [0.2, 0.25) is 0 Å². The van der Waals surface area contributed by atoms with Gasteiger partial charge in [0.1, 0.15) is 22.9 Å². The Kier molecular flexibility index (Phi) is 9.26. The highest BCUT2D eigenvalue weighted by atomic mass is 32.1. The van der Waals surface area contributed by atoms with Crippen LogP contribution in [0, 0.1) is 17.2 Å². The van der Waals surface area contributed by atoms with Gasteiger partial charge in [0.25, 0.3) is 17.7 Å². The summed E-state index contributed by atoms with van der Waals surface area (Å²) in [4.78, 5) is 54.0. The Morgan fingerprint density at radius 2 is 1.72 bits per heavy atom. The molecule has 3 aromatic rings. The smallest absolute Gasteiger partial charge is 0.330 e. The van der Waals surface area contributed by atoms with Gasteiger partial charge in [-0.05, 0) is 60.7 Å². The number of imide groups is 1. The van der Waals surface area contributed by atoms with Gasteiger partial charge in [0.2, 0.25) is 0 Å². The minimum atomic E-state index is -1.20. The Labute approximate surface area is 272 Å². The quantitative estimate of drug-likeness (QED) is 0.196. The van der Waals surface area contributed by atoms with Gasteiger partial charge in [-0.25, -0.2) is 4.79 Å². The first-order valence-electron chi connectivity index (χ1n) is 15.1. The summed E-state index contributed by atoms with van der Waals surface area (Å²) >= 11 is 1.33. The third-order valence-corrected chi connectivity index (χ3v) is 9.39. The lowest BCUT2D eigenvalue weighted by molar-refractivity contribution is -0.152. The molecular weight excluding hydrogens is 602 g/mol. The lowest BCUT2D eigenvalue weighted by Crippen LogP contribution is -2.49. The molecule has 0 saturated heterocycles. The molecule has 0 bridgehead atoms. The number of allylic oxidation sites excluding steroid dienone is 2. The molecule has 1 aliphatic heterocycles. The molecule has 2 heterocycles. The van der Waals surface area contributed by atoms with E-state index >= 15 is 0 Å². The van der Waals surface area contributed by atoms with Crippen molar-refractivity contribution in [2.24, 2.45) is 5.92 Å². The van der Waals surface area contributed by atoms with Gasteiger partial charge in [-0.1, -0.05) is 64.1 Å². The van der Waals surface area contributed by atoms with Gasteiger partial charge in [0.15, 0.2) is 6.61 Å². The highest BCUT2D eigenvalue weighted by molar-refractivity contribution is 7.17. The lowest BCUT2D eigenvalue weighted by atomic mass is 9.77. The van der Waals surface area contributed by atoms with Crippen molar-refractivity contribution in [2.45, 2.75) is 52.5 Å². The standard InChI is InChI=1S/C36H35N3O6S/c1-6-44-24-15-13-22(14-16-24)11-12-23-17-27-28(19-37)32(46-31(27)36(4,5)18-23)38-29(40)20-45-35(43)30(21(2)3)39-33(41)25-9-7-8-10-26(25)34(39)42/h7-17,21,30H,6,18,20H2,1-5H3,(H,38,40). The van der Waals surface area contributed by atoms with Crippen molar-refractivity contribution < 1.29 is 28.7 Å². The summed E-state index contributed by atoms with van der Waals surface area (Å²) in [6.07, 6.45) is 6.77. The Hall–Kier alpha value is -5.01. The van der Waals surface area contributed by atoms with Crippen LogP contribution in [-0.4, -0.2) is 47.8 Å². The molecule has 0 spiro atoms. The number of fused-ring (bicyclic) bond motifs is 2. The van der Waals surface area contributed by atoms with E-state index in [4.69, 9.17) is 9.47 Å². The summed E-state index contributed by atoms with van der Waals surface area (Å²) in [6, 6.07) is 15.2. The molecule has 236 valence electrons. The van der Waals surface area contributed by atoms with E-state index in [1.807, 2.05) is 49.4 Å². The SMILES string of the molecule is CCOc1ccc(C=CC2=Cc3c(sc(NC(=O)COC(=O)C(C(C)C)N4C(=O)c5ccccc5C4=O)c3C#N)C(C)(C)C2)cc1. The predicted molar refractivity (Wildman–Crippen MR) is 176 cm³/mol. The average Bonchev–Trinajstić information content (AvgIpc) is 3.50. The maximum absolute atomic E-state index is 13.2. The first-order valence-corrected chi connectivity index (χ1v) is 15.9. The van der Waals surface area contributed by atoms with E-state index in [2.05, 4.69) is 25.2 Å². The van der Waals surface area contributed by atoms with Crippen LogP contribution >= 0.6 is 11.3 Å². The van der Waals surface area contributed by atoms with Gasteiger partial charge in [-0.15, -0.1) is 11.3 Å². The zero-order valence-electron chi connectivity index (χ0n) is 26.4. The average molecular weight is 638 g/mol. The van der Waals surface area contributed by atoms with Crippen LogP contribution < -0.4 is 10.1 Å². The number of carbonyl (C=O) groups is 4. The first-order chi connectivity index (χ1) is 21.9. The van der Waals surface area contributed by atoms with Gasteiger partial charge in [-0.2, -0.15) is 5.26 Å². The second-order valence-electron chi connectivity index (χ2n) is 12.1. The van der Waals surface area contributed by atoms with Gasteiger partial charge in [0.05, 0.1) is 23.3 Å². The molecule has 1 N–H and O–H groups in total. The second kappa shape index (κ2) is 13.2. The van der Waals surface area contributed by atoms with Crippen molar-refractivity contribution in [3.05, 3.63) is 92.9 Å². The fraction of sp³-hybridized carbons (Fsp3) is 0.306. The number of nitrogens with one attached hydrogen (secondary N) is 1. The van der Waals surface area contributed by atoms with Crippen LogP contribution in [0.25, 0.3) is 12.2 Å². The first kappa shape index (κ1) is 32.4. The van der Waals surface area contributed by atoms with Crippen LogP contribution in [-0.2, 0) is 19.7 Å². The second-order valence-corrected chi connectivity index (χ2v) is 13.2. The molecule has 10 heteroatoms. The van der Waals surface area contributed by atoms with Crippen molar-refractivity contribution in [2.75, 3.05) is 18.5 Å². The Morgan fingerprint density at radius 1 is 1.07 bits per heavy atom. The fourth-order valence-corrected chi connectivity index (χ4v) is 7.03. The van der Waals surface area contributed by atoms with Crippen molar-refractivity contribution in [1.29, 1.82) is 5.26 Å². The number of carbonyl (C=O) groups excluding carboxylic acids is 4. The van der Waals surface area contributed by atoms with Crippen LogP contribution in [0.4, 0.5) is 5.00 Å². The van der Waals surface area contributed by atoms with E-state index < -0.39 is 42.3 Å². The van der Waals surface area contributed by atoms with Crippen LogP contribution in [0.15, 0.2) is 60.2 Å². The predicted octanol–water partition coefficient (Wildman–Crippen LogP) is 6.60. The van der Waals surface area contributed by atoms with E-state index in [1.54, 1.807) is 26.0 Å². The molecule has 0 radical (unpaired) electrons. The minimum absolute atomic E-state index is 0.223. The molecule has 5 rings (SSSR count). The van der Waals surface area contributed by atoms with Gasteiger partial charge >= 0.3 is 5.97 Å². The number of thiophene rings is 1. The summed E-state index contributed by atoms with van der Waals surface area (Å²) in [7, 11) is 0. The Morgan fingerprint density at radius 3 is 2.30 bits per heavy atom. The number of ether oxygens (including phenoxy) is 2. The van der Waals surface area contributed by atoms with E-state index in [-0.39, 0.29) is 16.5 Å². The molecule has 3 amide bonds. The van der Waals surface area contributed by atoms with Crippen molar-refractivity contribution in [1.82, 2.24) is 4.90 Å². The van der Waals surface area contributed by atoms with E-state index in [9.17, 15) is 24.4 Å².